The van der Waals surface area contributed by atoms with Gasteiger partial charge in [0.15, 0.2) is 0 Å². The van der Waals surface area contributed by atoms with E-state index in [-0.39, 0.29) is 53.6 Å². The molecule has 232 valence electrons. The molecule has 2 saturated carbocycles. The summed E-state index contributed by atoms with van der Waals surface area (Å²) in [6.07, 6.45) is 7.89. The van der Waals surface area contributed by atoms with Crippen LogP contribution in [-0.2, 0) is 10.4 Å². The van der Waals surface area contributed by atoms with Gasteiger partial charge in [0.1, 0.15) is 17.3 Å². The molecule has 4 atom stereocenters. The van der Waals surface area contributed by atoms with Gasteiger partial charge in [-0.3, -0.25) is 4.98 Å². The fourth-order valence-corrected chi connectivity index (χ4v) is 7.15. The molecular weight excluding hydrogens is 571 g/mol. The topological polar surface area (TPSA) is 111 Å². The van der Waals surface area contributed by atoms with Gasteiger partial charge in [0.25, 0.3) is 0 Å². The number of ether oxygens (including phenoxy) is 1. The molecule has 44 heavy (non-hydrogen) atoms. The number of methoxy groups -OCH3 is 1. The molecule has 3 aromatic heterocycles. The molecule has 0 saturated heterocycles. The van der Waals surface area contributed by atoms with Crippen LogP contribution in [0.1, 0.15) is 62.5 Å². The lowest BCUT2D eigenvalue weighted by atomic mass is 9.73. The first-order valence-electron chi connectivity index (χ1n) is 14.9. The first kappa shape index (κ1) is 29.9. The Morgan fingerprint density at radius 2 is 1.86 bits per heavy atom. The van der Waals surface area contributed by atoms with Gasteiger partial charge in [-0.15, -0.1) is 0 Å². The number of alkyl halides is 1. The van der Waals surface area contributed by atoms with Gasteiger partial charge in [-0.25, -0.2) is 22.9 Å². The highest BCUT2D eigenvalue weighted by Crippen LogP contribution is 2.44. The maximum atomic E-state index is 15.3. The summed E-state index contributed by atoms with van der Waals surface area (Å²) >= 11 is 0. The first-order valence-corrected chi connectivity index (χ1v) is 14.9. The number of imidazole rings is 1. The van der Waals surface area contributed by atoms with E-state index in [0.29, 0.717) is 36.4 Å². The van der Waals surface area contributed by atoms with Crippen molar-refractivity contribution in [2.45, 2.75) is 69.1 Å². The highest BCUT2D eigenvalue weighted by atomic mass is 19.1. The van der Waals surface area contributed by atoms with E-state index in [4.69, 9.17) is 10.5 Å². The second kappa shape index (κ2) is 11.7. The molecule has 4 unspecified atom stereocenters. The van der Waals surface area contributed by atoms with Crippen molar-refractivity contribution in [1.82, 2.24) is 24.5 Å². The molecule has 0 bridgehead atoms. The minimum absolute atomic E-state index is 0.0314. The number of carbonyl (C=O) groups excluding carboxylic acids is 1. The maximum Gasteiger partial charge on any atom is 0.409 e. The van der Waals surface area contributed by atoms with Crippen LogP contribution in [0, 0.1) is 17.6 Å². The zero-order valence-corrected chi connectivity index (χ0v) is 24.9. The normalized spacial score (nSPS) is 23.1. The summed E-state index contributed by atoms with van der Waals surface area (Å²) in [6.45, 7) is 2.07. The lowest BCUT2D eigenvalue weighted by molar-refractivity contribution is 0.0778. The summed E-state index contributed by atoms with van der Waals surface area (Å²) in [5.74, 6) is -1.22. The van der Waals surface area contributed by atoms with Crippen LogP contribution in [0.3, 0.4) is 0 Å². The maximum absolute atomic E-state index is 15.3. The third kappa shape index (κ3) is 5.36. The Hall–Kier alpha value is -4.19. The fraction of sp³-hybridized carbons (Fsp3) is 0.438. The number of amides is 1. The largest absolute Gasteiger partial charge is 0.453 e. The summed E-state index contributed by atoms with van der Waals surface area (Å²) < 4.78 is 52.3. The lowest BCUT2D eigenvalue weighted by Gasteiger charge is -2.43. The molecule has 4 aromatic rings. The zero-order chi connectivity index (χ0) is 31.2. The van der Waals surface area contributed by atoms with Gasteiger partial charge in [0.05, 0.1) is 48.0 Å². The second-order valence-electron chi connectivity index (χ2n) is 12.1. The molecule has 3 N–H and O–H groups in total. The highest BCUT2D eigenvalue weighted by molar-refractivity contribution is 5.68. The summed E-state index contributed by atoms with van der Waals surface area (Å²) in [4.78, 5) is 22.5. The van der Waals surface area contributed by atoms with Gasteiger partial charge < -0.3 is 20.7 Å². The molecular formula is C32H36F3N7O2. The number of halogens is 3. The second-order valence-corrected chi connectivity index (χ2v) is 12.1. The number of nitrogens with two attached hydrogens (primary N) is 1. The number of benzene rings is 1. The monoisotopic (exact) mass is 607 g/mol. The smallest absolute Gasteiger partial charge is 0.409 e. The third-order valence-electron chi connectivity index (χ3n) is 9.28. The SMILES string of the molecule is COC(=O)N(C)C1C(C)CC(c2ccncc2Nc2ncc3ccc(-c4c(F)cc(C5(F)CCCC5)cc4F)nn23)CC1N. The minimum atomic E-state index is -1.71. The number of carbonyl (C=O) groups is 1. The Morgan fingerprint density at radius 1 is 1.14 bits per heavy atom. The number of rotatable bonds is 6. The number of nitrogens with one attached hydrogen (secondary N) is 1. The van der Waals surface area contributed by atoms with Crippen molar-refractivity contribution in [1.29, 1.82) is 0 Å². The van der Waals surface area contributed by atoms with Crippen LogP contribution in [0.5, 0.6) is 0 Å². The summed E-state index contributed by atoms with van der Waals surface area (Å²) in [5.41, 5.74) is 6.94. The van der Waals surface area contributed by atoms with Gasteiger partial charge in [-0.05, 0) is 91.8 Å². The molecule has 6 rings (SSSR count). The molecule has 1 amide bonds. The molecule has 9 nitrogen and oxygen atoms in total. The van der Waals surface area contributed by atoms with E-state index in [1.165, 1.54) is 17.7 Å². The Labute approximate surface area is 253 Å². The van der Waals surface area contributed by atoms with E-state index in [9.17, 15) is 4.79 Å². The van der Waals surface area contributed by atoms with Gasteiger partial charge in [0.2, 0.25) is 5.95 Å². The van der Waals surface area contributed by atoms with E-state index in [0.717, 1.165) is 24.1 Å². The van der Waals surface area contributed by atoms with Crippen molar-refractivity contribution >= 4 is 23.2 Å². The Balaban J connectivity index is 1.28. The predicted molar refractivity (Wildman–Crippen MR) is 160 cm³/mol. The highest BCUT2D eigenvalue weighted by Gasteiger charge is 2.39. The number of fused-ring (bicyclic) bond motifs is 1. The van der Waals surface area contributed by atoms with Crippen LogP contribution in [0.2, 0.25) is 0 Å². The van der Waals surface area contributed by atoms with Crippen LogP contribution in [0.25, 0.3) is 16.8 Å². The van der Waals surface area contributed by atoms with Crippen LogP contribution in [0.15, 0.2) is 48.9 Å². The van der Waals surface area contributed by atoms with Crippen molar-refractivity contribution < 1.29 is 22.7 Å². The Bertz CT molecular complexity index is 1650. The number of nitrogens with zero attached hydrogens (tertiary/aromatic N) is 5. The average Bonchev–Trinajstić information content (AvgIpc) is 3.63. The van der Waals surface area contributed by atoms with Crippen molar-refractivity contribution in [3.8, 4) is 11.3 Å². The predicted octanol–water partition coefficient (Wildman–Crippen LogP) is 6.46. The Morgan fingerprint density at radius 3 is 2.55 bits per heavy atom. The van der Waals surface area contributed by atoms with Crippen molar-refractivity contribution in [3.05, 3.63) is 71.7 Å². The summed E-state index contributed by atoms with van der Waals surface area (Å²) in [6, 6.07) is 6.86. The number of hydrogen-bond acceptors (Lipinski definition) is 7. The van der Waals surface area contributed by atoms with Gasteiger partial charge in [-0.2, -0.15) is 9.61 Å². The molecule has 1 aromatic carbocycles. The number of pyridine rings is 1. The number of likely N-dealkylation sites (N-methyl/N-ethyl adjacent to an activating group) is 1. The molecule has 3 heterocycles. The average molecular weight is 608 g/mol. The summed E-state index contributed by atoms with van der Waals surface area (Å²) in [5, 5.41) is 7.82. The minimum Gasteiger partial charge on any atom is -0.453 e. The summed E-state index contributed by atoms with van der Waals surface area (Å²) in [7, 11) is 3.06. The molecule has 0 spiro atoms. The van der Waals surface area contributed by atoms with Gasteiger partial charge >= 0.3 is 6.09 Å². The van der Waals surface area contributed by atoms with Crippen molar-refractivity contribution in [2.24, 2.45) is 11.7 Å². The number of aromatic nitrogens is 4. The van der Waals surface area contributed by atoms with E-state index >= 15 is 13.2 Å². The van der Waals surface area contributed by atoms with Crippen LogP contribution in [-0.4, -0.2) is 56.8 Å². The lowest BCUT2D eigenvalue weighted by Crippen LogP contribution is -2.55. The van der Waals surface area contributed by atoms with Crippen LogP contribution < -0.4 is 11.1 Å². The van der Waals surface area contributed by atoms with E-state index in [1.54, 1.807) is 36.6 Å². The quantitative estimate of drug-likeness (QED) is 0.259. The van der Waals surface area contributed by atoms with E-state index in [1.807, 2.05) is 6.07 Å². The van der Waals surface area contributed by atoms with Crippen LogP contribution >= 0.6 is 0 Å². The molecule has 2 aliphatic carbocycles. The van der Waals surface area contributed by atoms with E-state index in [2.05, 4.69) is 27.3 Å². The van der Waals surface area contributed by atoms with Gasteiger partial charge in [-0.1, -0.05) is 6.92 Å². The molecule has 0 aliphatic heterocycles. The Kier molecular flexibility index (Phi) is 7.95. The van der Waals surface area contributed by atoms with Crippen molar-refractivity contribution in [2.75, 3.05) is 19.5 Å². The van der Waals surface area contributed by atoms with E-state index < -0.39 is 23.4 Å². The number of hydrogen-bond donors (Lipinski definition) is 2. The number of anilines is 2. The molecule has 12 heteroatoms. The van der Waals surface area contributed by atoms with Crippen LogP contribution in [0.4, 0.5) is 29.6 Å². The molecule has 0 radical (unpaired) electrons. The standard InChI is InChI=1S/C32H36F3N7O2/c1-18-12-19(13-25(36)29(18)41(2)31(43)44-3)22-8-11-37-17-27(22)39-30-38-16-21-6-7-26(40-42(21)30)28-23(33)14-20(15-24(28)34)32(35)9-4-5-10-32/h6-8,11,14-19,25,29H,4-5,9-10,12-13,36H2,1-3H3,(H,38,39). The first-order chi connectivity index (χ1) is 21.1. The molecule has 2 aliphatic rings. The van der Waals surface area contributed by atoms with Gasteiger partial charge in [0, 0.05) is 19.3 Å². The molecule has 2 fully saturated rings. The third-order valence-corrected chi connectivity index (χ3v) is 9.28. The van der Waals surface area contributed by atoms with Crippen molar-refractivity contribution in [3.63, 3.8) is 0 Å². The zero-order valence-electron chi connectivity index (χ0n) is 24.9. The fourth-order valence-electron chi connectivity index (χ4n) is 7.15.